The molecule has 7 heteroatoms. The Labute approximate surface area is 133 Å². The number of amides is 2. The SMILES string of the molecule is O=C(O)C1CCN(C(=O)CC2Oc3ccccc3NC2=O)CC1. The van der Waals surface area contributed by atoms with Gasteiger partial charge in [0, 0.05) is 13.1 Å². The summed E-state index contributed by atoms with van der Waals surface area (Å²) < 4.78 is 5.61. The smallest absolute Gasteiger partial charge is 0.306 e. The summed E-state index contributed by atoms with van der Waals surface area (Å²) in [7, 11) is 0. The fourth-order valence-corrected chi connectivity index (χ4v) is 2.89. The van der Waals surface area contributed by atoms with E-state index in [1.807, 2.05) is 0 Å². The number of carboxylic acid groups (broad SMARTS) is 1. The average molecular weight is 318 g/mol. The molecule has 23 heavy (non-hydrogen) atoms. The summed E-state index contributed by atoms with van der Waals surface area (Å²) in [5, 5.41) is 11.7. The molecule has 0 spiro atoms. The van der Waals surface area contributed by atoms with Crippen molar-refractivity contribution in [3.8, 4) is 5.75 Å². The second-order valence-electron chi connectivity index (χ2n) is 5.79. The molecule has 1 aromatic carbocycles. The highest BCUT2D eigenvalue weighted by Gasteiger charge is 2.33. The molecule has 2 N–H and O–H groups in total. The Balaban J connectivity index is 1.58. The number of rotatable bonds is 3. The summed E-state index contributed by atoms with van der Waals surface area (Å²) in [4.78, 5) is 36.9. The number of nitrogens with zero attached hydrogens (tertiary/aromatic N) is 1. The van der Waals surface area contributed by atoms with Gasteiger partial charge in [-0.05, 0) is 25.0 Å². The first-order valence-corrected chi connectivity index (χ1v) is 7.61. The molecule has 1 fully saturated rings. The van der Waals surface area contributed by atoms with Crippen molar-refractivity contribution in [1.29, 1.82) is 0 Å². The number of para-hydroxylation sites is 2. The third-order valence-corrected chi connectivity index (χ3v) is 4.26. The van der Waals surface area contributed by atoms with Gasteiger partial charge in [-0.15, -0.1) is 0 Å². The van der Waals surface area contributed by atoms with Crippen LogP contribution >= 0.6 is 0 Å². The second-order valence-corrected chi connectivity index (χ2v) is 5.79. The molecule has 1 atom stereocenters. The number of piperidine rings is 1. The van der Waals surface area contributed by atoms with Gasteiger partial charge in [0.25, 0.3) is 5.91 Å². The summed E-state index contributed by atoms with van der Waals surface area (Å²) in [5.74, 6) is -1.18. The van der Waals surface area contributed by atoms with Gasteiger partial charge in [-0.3, -0.25) is 14.4 Å². The minimum atomic E-state index is -0.852. The Morgan fingerprint density at radius 3 is 2.65 bits per heavy atom. The van der Waals surface area contributed by atoms with E-state index in [4.69, 9.17) is 9.84 Å². The number of likely N-dealkylation sites (tertiary alicyclic amines) is 1. The molecule has 0 saturated carbocycles. The Kier molecular flexibility index (Phi) is 4.18. The summed E-state index contributed by atoms with van der Waals surface area (Å²) in [6.45, 7) is 0.807. The molecule has 2 amide bonds. The van der Waals surface area contributed by atoms with Crippen LogP contribution in [0.2, 0.25) is 0 Å². The van der Waals surface area contributed by atoms with Crippen molar-refractivity contribution in [3.63, 3.8) is 0 Å². The number of aliphatic carboxylic acids is 1. The van der Waals surface area contributed by atoms with E-state index in [2.05, 4.69) is 5.32 Å². The molecule has 1 aromatic rings. The highest BCUT2D eigenvalue weighted by Crippen LogP contribution is 2.30. The minimum Gasteiger partial charge on any atom is -0.481 e. The van der Waals surface area contributed by atoms with E-state index < -0.39 is 12.1 Å². The molecule has 122 valence electrons. The Morgan fingerprint density at radius 1 is 1.26 bits per heavy atom. The maximum Gasteiger partial charge on any atom is 0.306 e. The second kappa shape index (κ2) is 6.28. The van der Waals surface area contributed by atoms with Gasteiger partial charge in [0.05, 0.1) is 18.0 Å². The van der Waals surface area contributed by atoms with Gasteiger partial charge in [-0.1, -0.05) is 12.1 Å². The summed E-state index contributed by atoms with van der Waals surface area (Å²) in [5.41, 5.74) is 0.600. The summed E-state index contributed by atoms with van der Waals surface area (Å²) in [6.07, 6.45) is -0.00385. The van der Waals surface area contributed by atoms with E-state index >= 15 is 0 Å². The van der Waals surface area contributed by atoms with Crippen molar-refractivity contribution in [3.05, 3.63) is 24.3 Å². The molecule has 7 nitrogen and oxygen atoms in total. The van der Waals surface area contributed by atoms with Gasteiger partial charge in [0.15, 0.2) is 6.10 Å². The third kappa shape index (κ3) is 3.28. The lowest BCUT2D eigenvalue weighted by Gasteiger charge is -2.32. The maximum atomic E-state index is 12.3. The van der Waals surface area contributed by atoms with Crippen LogP contribution in [-0.2, 0) is 14.4 Å². The normalized spacial score (nSPS) is 21.1. The number of fused-ring (bicyclic) bond motifs is 1. The van der Waals surface area contributed by atoms with Crippen molar-refractivity contribution in [2.75, 3.05) is 18.4 Å². The largest absolute Gasteiger partial charge is 0.481 e. The minimum absolute atomic E-state index is 0.0437. The molecule has 3 rings (SSSR count). The number of carboxylic acids is 1. The first-order chi connectivity index (χ1) is 11.0. The lowest BCUT2D eigenvalue weighted by molar-refractivity contribution is -0.146. The Morgan fingerprint density at radius 2 is 1.96 bits per heavy atom. The van der Waals surface area contributed by atoms with Crippen molar-refractivity contribution in [2.45, 2.75) is 25.4 Å². The van der Waals surface area contributed by atoms with E-state index in [9.17, 15) is 14.4 Å². The van der Waals surface area contributed by atoms with E-state index in [0.29, 0.717) is 37.4 Å². The quantitative estimate of drug-likeness (QED) is 0.870. The number of carbonyl (C=O) groups is 3. The molecule has 0 radical (unpaired) electrons. The van der Waals surface area contributed by atoms with Crippen molar-refractivity contribution < 1.29 is 24.2 Å². The predicted octanol–water partition coefficient (Wildman–Crippen LogP) is 1.10. The number of nitrogens with one attached hydrogen (secondary N) is 1. The molecule has 0 aromatic heterocycles. The molecule has 2 aliphatic rings. The van der Waals surface area contributed by atoms with Gasteiger partial charge < -0.3 is 20.1 Å². The highest BCUT2D eigenvalue weighted by molar-refractivity contribution is 5.99. The monoisotopic (exact) mass is 318 g/mol. The number of hydrogen-bond acceptors (Lipinski definition) is 4. The molecule has 0 bridgehead atoms. The van der Waals surface area contributed by atoms with E-state index in [-0.39, 0.29) is 24.2 Å². The molecule has 2 heterocycles. The maximum absolute atomic E-state index is 12.3. The summed E-state index contributed by atoms with van der Waals surface area (Å²) in [6, 6.07) is 7.07. The van der Waals surface area contributed by atoms with Crippen LogP contribution in [0, 0.1) is 5.92 Å². The van der Waals surface area contributed by atoms with Gasteiger partial charge in [0.2, 0.25) is 5.91 Å². The van der Waals surface area contributed by atoms with Crippen molar-refractivity contribution >= 4 is 23.5 Å². The fraction of sp³-hybridized carbons (Fsp3) is 0.438. The van der Waals surface area contributed by atoms with Crippen LogP contribution in [0.1, 0.15) is 19.3 Å². The first-order valence-electron chi connectivity index (χ1n) is 7.61. The number of benzene rings is 1. The van der Waals surface area contributed by atoms with E-state index in [1.165, 1.54) is 0 Å². The first kappa shape index (κ1) is 15.3. The molecule has 0 aliphatic carbocycles. The third-order valence-electron chi connectivity index (χ3n) is 4.26. The van der Waals surface area contributed by atoms with Gasteiger partial charge in [-0.25, -0.2) is 0 Å². The van der Waals surface area contributed by atoms with Crippen LogP contribution in [0.3, 0.4) is 0 Å². The topological polar surface area (TPSA) is 95.9 Å². The van der Waals surface area contributed by atoms with E-state index in [0.717, 1.165) is 0 Å². The molecular weight excluding hydrogens is 300 g/mol. The molecular formula is C16H18N2O5. The average Bonchev–Trinajstić information content (AvgIpc) is 2.55. The van der Waals surface area contributed by atoms with Gasteiger partial charge >= 0.3 is 5.97 Å². The van der Waals surface area contributed by atoms with Gasteiger partial charge in [0.1, 0.15) is 5.75 Å². The van der Waals surface area contributed by atoms with Crippen LogP contribution < -0.4 is 10.1 Å². The molecule has 2 aliphatic heterocycles. The highest BCUT2D eigenvalue weighted by atomic mass is 16.5. The van der Waals surface area contributed by atoms with Crippen LogP contribution in [0.25, 0.3) is 0 Å². The van der Waals surface area contributed by atoms with Crippen molar-refractivity contribution in [1.82, 2.24) is 4.90 Å². The lowest BCUT2D eigenvalue weighted by atomic mass is 9.96. The van der Waals surface area contributed by atoms with Gasteiger partial charge in [-0.2, -0.15) is 0 Å². The van der Waals surface area contributed by atoms with Crippen LogP contribution in [0.15, 0.2) is 24.3 Å². The number of anilines is 1. The zero-order valence-corrected chi connectivity index (χ0v) is 12.5. The Bertz CT molecular complexity index is 637. The fourth-order valence-electron chi connectivity index (χ4n) is 2.89. The molecule has 1 unspecified atom stereocenters. The Hall–Kier alpha value is -2.57. The lowest BCUT2D eigenvalue weighted by Crippen LogP contribution is -2.45. The van der Waals surface area contributed by atoms with Crippen LogP contribution in [0.5, 0.6) is 5.75 Å². The predicted molar refractivity (Wildman–Crippen MR) is 81.0 cm³/mol. The number of carbonyl (C=O) groups excluding carboxylic acids is 2. The standard InChI is InChI=1S/C16H18N2O5/c19-14(18-7-5-10(6-8-18)16(21)22)9-13-15(20)17-11-3-1-2-4-12(11)23-13/h1-4,10,13H,5-9H2,(H,17,20)(H,21,22). The van der Waals surface area contributed by atoms with Crippen LogP contribution in [-0.4, -0.2) is 47.0 Å². The number of ether oxygens (including phenoxy) is 1. The zero-order valence-electron chi connectivity index (χ0n) is 12.5. The zero-order chi connectivity index (χ0) is 16.4. The summed E-state index contributed by atoms with van der Waals surface area (Å²) >= 11 is 0. The van der Waals surface area contributed by atoms with E-state index in [1.54, 1.807) is 29.2 Å². The van der Waals surface area contributed by atoms with Crippen LogP contribution in [0.4, 0.5) is 5.69 Å². The number of hydrogen-bond donors (Lipinski definition) is 2. The van der Waals surface area contributed by atoms with Crippen molar-refractivity contribution in [2.24, 2.45) is 5.92 Å². The molecule has 1 saturated heterocycles.